The topological polar surface area (TPSA) is 61.8 Å². The lowest BCUT2D eigenvalue weighted by Gasteiger charge is -2.16. The Morgan fingerprint density at radius 2 is 2.08 bits per heavy atom. The highest BCUT2D eigenvalue weighted by molar-refractivity contribution is 5.79. The smallest absolute Gasteiger partial charge is 0.140 e. The van der Waals surface area contributed by atoms with Crippen LogP contribution in [0.5, 0.6) is 0 Å². The molecule has 0 spiro atoms. The van der Waals surface area contributed by atoms with Crippen LogP contribution in [0.15, 0.2) is 5.16 Å². The van der Waals surface area contributed by atoms with Crippen molar-refractivity contribution in [2.45, 2.75) is 26.7 Å². The third-order valence-corrected chi connectivity index (χ3v) is 1.97. The second kappa shape index (κ2) is 6.71. The molecule has 0 saturated heterocycles. The van der Waals surface area contributed by atoms with Gasteiger partial charge in [0.2, 0.25) is 0 Å². The summed E-state index contributed by atoms with van der Waals surface area (Å²) < 4.78 is 0. The van der Waals surface area contributed by atoms with E-state index in [1.807, 2.05) is 7.05 Å². The molecule has 0 bridgehead atoms. The summed E-state index contributed by atoms with van der Waals surface area (Å²) in [4.78, 5) is 2.19. The summed E-state index contributed by atoms with van der Waals surface area (Å²) in [7, 11) is 2.05. The first-order valence-corrected chi connectivity index (χ1v) is 4.71. The monoisotopic (exact) mass is 187 g/mol. The number of hydrogen-bond acceptors (Lipinski definition) is 3. The van der Waals surface area contributed by atoms with E-state index in [0.717, 1.165) is 19.0 Å². The molecule has 0 saturated carbocycles. The first-order chi connectivity index (χ1) is 6.06. The van der Waals surface area contributed by atoms with Crippen LogP contribution < -0.4 is 5.73 Å². The number of oxime groups is 1. The van der Waals surface area contributed by atoms with Gasteiger partial charge in [-0.15, -0.1) is 0 Å². The maximum Gasteiger partial charge on any atom is 0.140 e. The molecule has 0 aromatic heterocycles. The van der Waals surface area contributed by atoms with Crippen molar-refractivity contribution in [3.8, 4) is 0 Å². The molecule has 0 heterocycles. The van der Waals surface area contributed by atoms with Crippen LogP contribution in [0.2, 0.25) is 0 Å². The number of rotatable bonds is 6. The predicted octanol–water partition coefficient (Wildman–Crippen LogP) is 1.10. The molecule has 0 aromatic carbocycles. The van der Waals surface area contributed by atoms with Crippen molar-refractivity contribution in [3.63, 3.8) is 0 Å². The Labute approximate surface area is 80.4 Å². The molecule has 0 aliphatic carbocycles. The zero-order valence-electron chi connectivity index (χ0n) is 8.82. The second-order valence-corrected chi connectivity index (χ2v) is 3.83. The number of amidine groups is 1. The molecule has 0 aliphatic heterocycles. The lowest BCUT2D eigenvalue weighted by Crippen LogP contribution is -2.26. The Kier molecular flexibility index (Phi) is 6.32. The lowest BCUT2D eigenvalue weighted by atomic mass is 10.1. The number of nitrogens with two attached hydrogens (primary N) is 1. The highest BCUT2D eigenvalue weighted by Gasteiger charge is 2.01. The average Bonchev–Trinajstić information content (AvgIpc) is 2.10. The summed E-state index contributed by atoms with van der Waals surface area (Å²) >= 11 is 0. The number of nitrogens with zero attached hydrogens (tertiary/aromatic N) is 2. The summed E-state index contributed by atoms with van der Waals surface area (Å²) in [5.41, 5.74) is 5.35. The van der Waals surface area contributed by atoms with Gasteiger partial charge < -0.3 is 15.8 Å². The van der Waals surface area contributed by atoms with E-state index in [4.69, 9.17) is 10.9 Å². The van der Waals surface area contributed by atoms with E-state index in [-0.39, 0.29) is 0 Å². The van der Waals surface area contributed by atoms with Crippen molar-refractivity contribution in [2.75, 3.05) is 20.1 Å². The summed E-state index contributed by atoms with van der Waals surface area (Å²) in [5, 5.41) is 11.2. The quantitative estimate of drug-likeness (QED) is 0.283. The van der Waals surface area contributed by atoms with E-state index in [9.17, 15) is 0 Å². The summed E-state index contributed by atoms with van der Waals surface area (Å²) in [6.07, 6.45) is 1.82. The molecule has 0 atom stereocenters. The van der Waals surface area contributed by atoms with Crippen molar-refractivity contribution in [1.82, 2.24) is 4.90 Å². The first kappa shape index (κ1) is 12.2. The van der Waals surface area contributed by atoms with Gasteiger partial charge in [-0.25, -0.2) is 0 Å². The lowest BCUT2D eigenvalue weighted by molar-refractivity contribution is 0.304. The van der Waals surface area contributed by atoms with E-state index in [0.29, 0.717) is 12.3 Å². The van der Waals surface area contributed by atoms with Crippen LogP contribution in [0.4, 0.5) is 0 Å². The van der Waals surface area contributed by atoms with Crippen LogP contribution in [0.1, 0.15) is 26.7 Å². The fraction of sp³-hybridized carbons (Fsp3) is 0.889. The van der Waals surface area contributed by atoms with Crippen molar-refractivity contribution in [2.24, 2.45) is 16.8 Å². The van der Waals surface area contributed by atoms with Crippen molar-refractivity contribution in [3.05, 3.63) is 0 Å². The van der Waals surface area contributed by atoms with Crippen LogP contribution in [0.3, 0.4) is 0 Å². The minimum atomic E-state index is 0.302. The van der Waals surface area contributed by atoms with Gasteiger partial charge in [0.25, 0.3) is 0 Å². The van der Waals surface area contributed by atoms with E-state index in [2.05, 4.69) is 23.9 Å². The molecule has 0 fully saturated rings. The third-order valence-electron chi connectivity index (χ3n) is 1.97. The van der Waals surface area contributed by atoms with Gasteiger partial charge in [0.1, 0.15) is 5.84 Å². The fourth-order valence-corrected chi connectivity index (χ4v) is 0.946. The summed E-state index contributed by atoms with van der Waals surface area (Å²) in [6.45, 7) is 6.33. The van der Waals surface area contributed by atoms with Crippen LogP contribution in [0, 0.1) is 5.92 Å². The molecular formula is C9H21N3O. The van der Waals surface area contributed by atoms with Crippen molar-refractivity contribution >= 4 is 5.84 Å². The molecule has 0 aliphatic rings. The fourth-order valence-electron chi connectivity index (χ4n) is 0.946. The Bertz CT molecular complexity index is 157. The van der Waals surface area contributed by atoms with Gasteiger partial charge in [-0.3, -0.25) is 0 Å². The zero-order valence-corrected chi connectivity index (χ0v) is 8.82. The van der Waals surface area contributed by atoms with Crippen LogP contribution in [-0.2, 0) is 0 Å². The van der Waals surface area contributed by atoms with Crippen LogP contribution in [-0.4, -0.2) is 36.1 Å². The standard InChI is InChI=1S/C9H21N3O/c1-8(2)4-6-12(3)7-5-9(10)11-13/h8,13H,4-7H2,1-3H3,(H2,10,11). The molecule has 0 radical (unpaired) electrons. The largest absolute Gasteiger partial charge is 0.409 e. The molecular weight excluding hydrogens is 166 g/mol. The van der Waals surface area contributed by atoms with E-state index in [1.54, 1.807) is 0 Å². The normalized spacial score (nSPS) is 12.8. The second-order valence-electron chi connectivity index (χ2n) is 3.83. The van der Waals surface area contributed by atoms with Crippen LogP contribution >= 0.6 is 0 Å². The minimum Gasteiger partial charge on any atom is -0.409 e. The molecule has 4 heteroatoms. The molecule has 78 valence electrons. The maximum atomic E-state index is 8.31. The highest BCUT2D eigenvalue weighted by atomic mass is 16.4. The van der Waals surface area contributed by atoms with E-state index < -0.39 is 0 Å². The average molecular weight is 187 g/mol. The molecule has 3 N–H and O–H groups in total. The minimum absolute atomic E-state index is 0.302. The maximum absolute atomic E-state index is 8.31. The van der Waals surface area contributed by atoms with Gasteiger partial charge in [-0.1, -0.05) is 19.0 Å². The van der Waals surface area contributed by atoms with Gasteiger partial charge in [0.05, 0.1) is 0 Å². The van der Waals surface area contributed by atoms with Crippen molar-refractivity contribution < 1.29 is 5.21 Å². The highest BCUT2D eigenvalue weighted by Crippen LogP contribution is 2.00. The zero-order chi connectivity index (χ0) is 10.3. The first-order valence-electron chi connectivity index (χ1n) is 4.71. The Morgan fingerprint density at radius 3 is 2.54 bits per heavy atom. The predicted molar refractivity (Wildman–Crippen MR) is 55.0 cm³/mol. The molecule has 0 unspecified atom stereocenters. The molecule has 0 rings (SSSR count). The molecule has 0 amide bonds. The Morgan fingerprint density at radius 1 is 1.46 bits per heavy atom. The van der Waals surface area contributed by atoms with E-state index >= 15 is 0 Å². The van der Waals surface area contributed by atoms with Crippen LogP contribution in [0.25, 0.3) is 0 Å². The molecule has 4 nitrogen and oxygen atoms in total. The van der Waals surface area contributed by atoms with Crippen molar-refractivity contribution in [1.29, 1.82) is 0 Å². The molecule has 13 heavy (non-hydrogen) atoms. The van der Waals surface area contributed by atoms with Gasteiger partial charge in [-0.05, 0) is 25.9 Å². The number of hydrogen-bond donors (Lipinski definition) is 2. The third kappa shape index (κ3) is 7.59. The summed E-state index contributed by atoms with van der Waals surface area (Å²) in [6, 6.07) is 0. The van der Waals surface area contributed by atoms with E-state index in [1.165, 1.54) is 6.42 Å². The Hall–Kier alpha value is -0.770. The summed E-state index contributed by atoms with van der Waals surface area (Å²) in [5.74, 6) is 1.03. The van der Waals surface area contributed by atoms with Gasteiger partial charge >= 0.3 is 0 Å². The Balaban J connectivity index is 3.46. The SMILES string of the molecule is CC(C)CCN(C)CC/C(N)=N/O. The van der Waals surface area contributed by atoms with Gasteiger partial charge in [0.15, 0.2) is 0 Å². The van der Waals surface area contributed by atoms with Gasteiger partial charge in [0, 0.05) is 13.0 Å². The molecule has 0 aromatic rings. The van der Waals surface area contributed by atoms with Gasteiger partial charge in [-0.2, -0.15) is 0 Å².